The van der Waals surface area contributed by atoms with Gasteiger partial charge in [-0.25, -0.2) is 9.97 Å². The highest BCUT2D eigenvalue weighted by Crippen LogP contribution is 2.54. The zero-order valence-corrected chi connectivity index (χ0v) is 36.5. The van der Waals surface area contributed by atoms with Crippen molar-refractivity contribution in [2.45, 2.75) is 0 Å². The van der Waals surface area contributed by atoms with Gasteiger partial charge in [-0.2, -0.15) is 0 Å². The molecule has 0 radical (unpaired) electrons. The van der Waals surface area contributed by atoms with E-state index in [0.717, 1.165) is 67.1 Å². The lowest BCUT2D eigenvalue weighted by Crippen LogP contribution is -2.05. The Bertz CT molecular complexity index is 3880. The lowest BCUT2D eigenvalue weighted by atomic mass is 9.79. The molecule has 0 fully saturated rings. The van der Waals surface area contributed by atoms with Crippen molar-refractivity contribution in [3.8, 4) is 73.0 Å². The molecule has 0 N–H and O–H groups in total. The summed E-state index contributed by atoms with van der Waals surface area (Å²) < 4.78 is 2.55. The Morgan fingerprint density at radius 1 is 0.254 bits per heavy atom. The van der Waals surface area contributed by atoms with Crippen molar-refractivity contribution in [1.29, 1.82) is 0 Å². The maximum absolute atomic E-state index is 5.24. The summed E-state index contributed by atoms with van der Waals surface area (Å²) in [5.41, 5.74) is 15.2. The fraction of sp³-hybridized carbons (Fsp3) is 0. The van der Waals surface area contributed by atoms with Crippen LogP contribution in [-0.2, 0) is 0 Å². The van der Waals surface area contributed by atoms with Gasteiger partial charge in [0.2, 0.25) is 0 Å². The predicted molar refractivity (Wildman–Crippen MR) is 282 cm³/mol. The van der Waals surface area contributed by atoms with Crippen molar-refractivity contribution < 1.29 is 0 Å². The van der Waals surface area contributed by atoms with Crippen LogP contribution in [0.4, 0.5) is 0 Å². The van der Waals surface area contributed by atoms with Gasteiger partial charge >= 0.3 is 0 Å². The average Bonchev–Trinajstić information content (AvgIpc) is 3.75. The number of benzene rings is 11. The normalized spacial score (nSPS) is 11.6. The van der Waals surface area contributed by atoms with Crippen molar-refractivity contribution in [2.75, 3.05) is 0 Å². The summed E-state index contributed by atoms with van der Waals surface area (Å²) in [5.74, 6) is 0.679. The number of hydrogen-bond donors (Lipinski definition) is 0. The van der Waals surface area contributed by atoms with E-state index in [2.05, 4.69) is 241 Å². The van der Waals surface area contributed by atoms with Gasteiger partial charge in [-0.15, -0.1) is 0 Å². The SMILES string of the molecule is c1ccc(-c2cc(-c3ccccc3)nc(-c3ccc(-c4c(-n5c6ccccc6c6ccccc65)c(-c5ccccc5)c5c6ccccc6c6ccccc6c5c4-c4ccccc4)cc3)n2)cc1. The second kappa shape index (κ2) is 16.0. The molecule has 3 nitrogen and oxygen atoms in total. The van der Waals surface area contributed by atoms with Crippen LogP contribution in [0.5, 0.6) is 0 Å². The first kappa shape index (κ1) is 38.5. The molecular formula is C64H41N3. The van der Waals surface area contributed by atoms with E-state index in [-0.39, 0.29) is 0 Å². The molecular weight excluding hydrogens is 811 g/mol. The van der Waals surface area contributed by atoms with E-state index in [9.17, 15) is 0 Å². The quantitative estimate of drug-likeness (QED) is 0.150. The molecule has 67 heavy (non-hydrogen) atoms. The highest BCUT2D eigenvalue weighted by Gasteiger charge is 2.29. The zero-order valence-electron chi connectivity index (χ0n) is 36.5. The number of nitrogens with zero attached hydrogens (tertiary/aromatic N) is 3. The number of rotatable bonds is 7. The van der Waals surface area contributed by atoms with Crippen molar-refractivity contribution >= 4 is 54.1 Å². The van der Waals surface area contributed by atoms with Crippen LogP contribution in [0.25, 0.3) is 127 Å². The minimum Gasteiger partial charge on any atom is -0.308 e. The summed E-state index contributed by atoms with van der Waals surface area (Å²) in [6.07, 6.45) is 0. The van der Waals surface area contributed by atoms with Crippen LogP contribution in [0.2, 0.25) is 0 Å². The van der Waals surface area contributed by atoms with Crippen LogP contribution in [0, 0.1) is 0 Å². The lowest BCUT2D eigenvalue weighted by Gasteiger charge is -2.27. The molecule has 11 aromatic carbocycles. The Balaban J connectivity index is 1.20. The lowest BCUT2D eigenvalue weighted by molar-refractivity contribution is 1.18. The van der Waals surface area contributed by atoms with Crippen LogP contribution in [0.15, 0.2) is 249 Å². The molecule has 0 atom stereocenters. The van der Waals surface area contributed by atoms with Gasteiger partial charge in [0.05, 0.1) is 28.1 Å². The second-order valence-electron chi connectivity index (χ2n) is 17.2. The molecule has 0 spiro atoms. The molecule has 0 aliphatic rings. The third-order valence-corrected chi connectivity index (χ3v) is 13.4. The molecule has 0 amide bonds. The minimum atomic E-state index is 0.679. The van der Waals surface area contributed by atoms with E-state index in [1.807, 2.05) is 12.1 Å². The fourth-order valence-corrected chi connectivity index (χ4v) is 10.5. The standard InChI is InChI=1S/C64H41N3/c1-5-21-42(22-6-1)54-41-55(43-23-7-2-8-24-43)66-64(65-54)47-39-37-46(38-40-47)59-58(44-25-9-3-10-26-44)61-52-33-15-13-29-48(52)49-30-14-16-34-53(49)62(61)60(45-27-11-4-12-28-45)63(59)67-56-35-19-17-31-50(56)51-32-18-20-36-57(51)67/h1-41H. The van der Waals surface area contributed by atoms with Crippen molar-refractivity contribution in [1.82, 2.24) is 14.5 Å². The van der Waals surface area contributed by atoms with Gasteiger partial charge in [0, 0.05) is 49.5 Å². The minimum absolute atomic E-state index is 0.679. The molecule has 13 rings (SSSR count). The highest BCUT2D eigenvalue weighted by atomic mass is 15.0. The molecule has 0 unspecified atom stereocenters. The summed E-state index contributed by atoms with van der Waals surface area (Å²) in [6.45, 7) is 0. The summed E-state index contributed by atoms with van der Waals surface area (Å²) in [7, 11) is 0. The first-order chi connectivity index (χ1) is 33.3. The van der Waals surface area contributed by atoms with E-state index in [1.165, 1.54) is 54.2 Å². The van der Waals surface area contributed by atoms with Gasteiger partial charge < -0.3 is 4.57 Å². The number of fused-ring (bicyclic) bond motifs is 9. The van der Waals surface area contributed by atoms with E-state index >= 15 is 0 Å². The Morgan fingerprint density at radius 2 is 0.597 bits per heavy atom. The molecule has 0 aliphatic heterocycles. The van der Waals surface area contributed by atoms with Crippen molar-refractivity contribution in [3.63, 3.8) is 0 Å². The average molecular weight is 852 g/mol. The van der Waals surface area contributed by atoms with Crippen LogP contribution in [0.3, 0.4) is 0 Å². The Morgan fingerprint density at radius 3 is 1.07 bits per heavy atom. The molecule has 312 valence electrons. The van der Waals surface area contributed by atoms with Crippen molar-refractivity contribution in [2.24, 2.45) is 0 Å². The molecule has 0 bridgehead atoms. The fourth-order valence-electron chi connectivity index (χ4n) is 10.5. The first-order valence-electron chi connectivity index (χ1n) is 22.9. The Hall–Kier alpha value is -8.92. The monoisotopic (exact) mass is 851 g/mol. The van der Waals surface area contributed by atoms with Crippen LogP contribution < -0.4 is 0 Å². The third-order valence-electron chi connectivity index (χ3n) is 13.4. The molecule has 13 aromatic rings. The van der Waals surface area contributed by atoms with E-state index < -0.39 is 0 Å². The van der Waals surface area contributed by atoms with Gasteiger partial charge in [-0.05, 0) is 61.8 Å². The molecule has 0 aliphatic carbocycles. The first-order valence-corrected chi connectivity index (χ1v) is 22.9. The number of para-hydroxylation sites is 2. The maximum atomic E-state index is 5.24. The molecule has 3 heteroatoms. The van der Waals surface area contributed by atoms with Crippen molar-refractivity contribution in [3.05, 3.63) is 249 Å². The van der Waals surface area contributed by atoms with Gasteiger partial charge in [-0.1, -0.05) is 231 Å². The predicted octanol–water partition coefficient (Wildman–Crippen LogP) is 17.0. The Labute approximate surface area is 388 Å². The van der Waals surface area contributed by atoms with Gasteiger partial charge in [0.1, 0.15) is 0 Å². The summed E-state index contributed by atoms with van der Waals surface area (Å²) in [4.78, 5) is 10.5. The van der Waals surface area contributed by atoms with E-state index in [4.69, 9.17) is 9.97 Å². The topological polar surface area (TPSA) is 30.7 Å². The summed E-state index contributed by atoms with van der Waals surface area (Å²) in [5, 5.41) is 9.81. The number of hydrogen-bond acceptors (Lipinski definition) is 2. The molecule has 2 aromatic heterocycles. The third kappa shape index (κ3) is 6.35. The molecule has 0 saturated carbocycles. The summed E-state index contributed by atoms with van der Waals surface area (Å²) in [6, 6.07) is 89.6. The van der Waals surface area contributed by atoms with Gasteiger partial charge in [-0.3, -0.25) is 0 Å². The van der Waals surface area contributed by atoms with Crippen LogP contribution in [-0.4, -0.2) is 14.5 Å². The molecule has 0 saturated heterocycles. The second-order valence-corrected chi connectivity index (χ2v) is 17.2. The molecule has 2 heterocycles. The van der Waals surface area contributed by atoms with E-state index in [0.29, 0.717) is 5.82 Å². The maximum Gasteiger partial charge on any atom is 0.160 e. The smallest absolute Gasteiger partial charge is 0.160 e. The van der Waals surface area contributed by atoms with E-state index in [1.54, 1.807) is 0 Å². The largest absolute Gasteiger partial charge is 0.308 e. The highest BCUT2D eigenvalue weighted by molar-refractivity contribution is 6.34. The number of aromatic nitrogens is 3. The zero-order chi connectivity index (χ0) is 44.3. The summed E-state index contributed by atoms with van der Waals surface area (Å²) >= 11 is 0. The van der Waals surface area contributed by atoms with Gasteiger partial charge in [0.25, 0.3) is 0 Å². The Kier molecular flexibility index (Phi) is 9.17. The van der Waals surface area contributed by atoms with Crippen LogP contribution in [0.1, 0.15) is 0 Å². The van der Waals surface area contributed by atoms with Crippen LogP contribution >= 0.6 is 0 Å². The van der Waals surface area contributed by atoms with Gasteiger partial charge in [0.15, 0.2) is 5.82 Å².